The topological polar surface area (TPSA) is 66.6 Å². The van der Waals surface area contributed by atoms with Crippen LogP contribution in [0.25, 0.3) is 11.8 Å². The van der Waals surface area contributed by atoms with Crippen molar-refractivity contribution in [3.05, 3.63) is 82.7 Å². The molecule has 0 spiro atoms. The Hall–Kier alpha value is -3.39. The van der Waals surface area contributed by atoms with Crippen molar-refractivity contribution in [2.45, 2.75) is 25.5 Å². The monoisotopic (exact) mass is 474 g/mol. The molecule has 34 heavy (non-hydrogen) atoms. The summed E-state index contributed by atoms with van der Waals surface area (Å²) in [5, 5.41) is 6.80. The third kappa shape index (κ3) is 5.07. The van der Waals surface area contributed by atoms with Crippen molar-refractivity contribution in [3.8, 4) is 5.69 Å². The number of benzene rings is 2. The number of nitrogens with one attached hydrogen (secondary N) is 2. The number of nitrogens with zero attached hydrogens (tertiary/aromatic N) is 4. The number of imidazole rings is 1. The smallest absolute Gasteiger partial charge is 0.124 e. The van der Waals surface area contributed by atoms with Crippen molar-refractivity contribution in [1.29, 1.82) is 0 Å². The van der Waals surface area contributed by atoms with Crippen molar-refractivity contribution in [3.63, 3.8) is 0 Å². The van der Waals surface area contributed by atoms with E-state index in [1.165, 1.54) is 23.3 Å². The number of halogens is 1. The second-order valence-corrected chi connectivity index (χ2v) is 9.12. The summed E-state index contributed by atoms with van der Waals surface area (Å²) in [6.45, 7) is 4.28. The summed E-state index contributed by atoms with van der Waals surface area (Å²) in [7, 11) is 0. The van der Waals surface area contributed by atoms with Gasteiger partial charge in [-0.2, -0.15) is 0 Å². The molecule has 0 aliphatic carbocycles. The molecule has 0 bridgehead atoms. The molecule has 2 N–H and O–H groups in total. The molecule has 0 radical (unpaired) electrons. The van der Waals surface area contributed by atoms with Gasteiger partial charge in [0.1, 0.15) is 11.7 Å². The van der Waals surface area contributed by atoms with Crippen LogP contribution in [0.3, 0.4) is 0 Å². The minimum atomic E-state index is -0.228. The molecule has 1 aromatic heterocycles. The highest BCUT2D eigenvalue weighted by atomic mass is 32.2. The van der Waals surface area contributed by atoms with Gasteiger partial charge in [0.2, 0.25) is 0 Å². The van der Waals surface area contributed by atoms with Gasteiger partial charge in [0.05, 0.1) is 17.7 Å². The molecule has 0 fully saturated rings. The molecule has 2 aliphatic rings. The fourth-order valence-electron chi connectivity index (χ4n) is 4.22. The second kappa shape index (κ2) is 10.3. The van der Waals surface area contributed by atoms with Gasteiger partial charge in [-0.15, -0.1) is 0 Å². The van der Waals surface area contributed by atoms with E-state index in [0.717, 1.165) is 72.3 Å². The molecule has 2 aliphatic heterocycles. The quantitative estimate of drug-likeness (QED) is 0.382. The molecule has 8 heteroatoms. The lowest BCUT2D eigenvalue weighted by Crippen LogP contribution is -2.32. The summed E-state index contributed by atoms with van der Waals surface area (Å²) < 4.78 is 19.7. The Labute approximate surface area is 203 Å². The van der Waals surface area contributed by atoms with Crippen LogP contribution in [0.5, 0.6) is 0 Å². The van der Waals surface area contributed by atoms with E-state index >= 15 is 0 Å². The maximum absolute atomic E-state index is 13.1. The van der Waals surface area contributed by atoms with Gasteiger partial charge in [-0.25, -0.2) is 13.8 Å². The zero-order chi connectivity index (χ0) is 23.3. The number of anilines is 1. The molecule has 3 aromatic rings. The van der Waals surface area contributed by atoms with Crippen molar-refractivity contribution < 1.29 is 4.39 Å². The first-order valence-electron chi connectivity index (χ1n) is 11.5. The predicted octanol–water partition coefficient (Wildman–Crippen LogP) is 5.18. The van der Waals surface area contributed by atoms with Gasteiger partial charge in [-0.05, 0) is 84.8 Å². The fraction of sp³-hybridized carbons (Fsp3) is 0.269. The lowest BCUT2D eigenvalue weighted by Gasteiger charge is -2.20. The van der Waals surface area contributed by atoms with Crippen LogP contribution in [0, 0.1) is 12.7 Å². The van der Waals surface area contributed by atoms with Crippen molar-refractivity contribution in [1.82, 2.24) is 14.9 Å². The summed E-state index contributed by atoms with van der Waals surface area (Å²) >= 11 is 1.57. The summed E-state index contributed by atoms with van der Waals surface area (Å²) in [5.41, 5.74) is 7.87. The number of aryl methyl sites for hydroxylation is 1. The van der Waals surface area contributed by atoms with Crippen LogP contribution < -0.4 is 10.6 Å². The van der Waals surface area contributed by atoms with Gasteiger partial charge in [-0.1, -0.05) is 6.07 Å². The lowest BCUT2D eigenvalue weighted by atomic mass is 9.96. The number of hydrogen-bond acceptors (Lipinski definition) is 6. The summed E-state index contributed by atoms with van der Waals surface area (Å²) in [6, 6.07) is 10.8. The van der Waals surface area contributed by atoms with Crippen LogP contribution in [0.4, 0.5) is 10.1 Å². The van der Waals surface area contributed by atoms with Crippen LogP contribution in [0.2, 0.25) is 0 Å². The van der Waals surface area contributed by atoms with Crippen molar-refractivity contribution in [2.75, 3.05) is 25.0 Å². The Morgan fingerprint density at radius 1 is 1.12 bits per heavy atom. The normalized spacial score (nSPS) is 16.3. The Morgan fingerprint density at radius 3 is 2.79 bits per heavy atom. The van der Waals surface area contributed by atoms with E-state index in [4.69, 9.17) is 4.99 Å². The van der Waals surface area contributed by atoms with Gasteiger partial charge in [0, 0.05) is 49.0 Å². The molecule has 0 saturated heterocycles. The highest BCUT2D eigenvalue weighted by Crippen LogP contribution is 2.31. The SMILES string of the molecule is Cc1cn(-c2ccc(/C=C3\CCCN=C3NCCNc3ccc(F)cc3)c3c2CSN=C3)cn1. The van der Waals surface area contributed by atoms with Gasteiger partial charge < -0.3 is 15.2 Å². The van der Waals surface area contributed by atoms with E-state index in [1.54, 1.807) is 24.1 Å². The largest absolute Gasteiger partial charge is 0.383 e. The van der Waals surface area contributed by atoms with E-state index in [9.17, 15) is 4.39 Å². The highest BCUT2D eigenvalue weighted by Gasteiger charge is 2.18. The van der Waals surface area contributed by atoms with Crippen LogP contribution in [0.1, 0.15) is 35.2 Å². The van der Waals surface area contributed by atoms with Crippen molar-refractivity contribution >= 4 is 35.8 Å². The van der Waals surface area contributed by atoms with E-state index in [0.29, 0.717) is 0 Å². The van der Waals surface area contributed by atoms with Crippen LogP contribution in [-0.2, 0) is 5.75 Å². The van der Waals surface area contributed by atoms with E-state index in [-0.39, 0.29) is 5.82 Å². The standard InChI is InChI=1S/C26H27FN6S/c1-18-15-33(17-31-18)25-9-4-19(23-14-32-34-16-24(23)25)13-20-3-2-10-29-26(20)30-12-11-28-22-7-5-21(27)6-8-22/h4-9,13-15,17,28H,2-3,10-12,16H2,1H3,(H,29,30)/b20-13+. The number of aromatic nitrogens is 2. The van der Waals surface area contributed by atoms with E-state index in [1.807, 2.05) is 19.5 Å². The van der Waals surface area contributed by atoms with Crippen LogP contribution in [-0.4, -0.2) is 41.2 Å². The van der Waals surface area contributed by atoms with Crippen molar-refractivity contribution in [2.24, 2.45) is 9.39 Å². The zero-order valence-corrected chi connectivity index (χ0v) is 19.9. The van der Waals surface area contributed by atoms with Crippen LogP contribution >= 0.6 is 11.9 Å². The minimum absolute atomic E-state index is 0.228. The molecule has 0 saturated carbocycles. The average molecular weight is 475 g/mol. The summed E-state index contributed by atoms with van der Waals surface area (Å²) in [5.74, 6) is 1.57. The lowest BCUT2D eigenvalue weighted by molar-refractivity contribution is 0.628. The number of hydrogen-bond donors (Lipinski definition) is 2. The van der Waals surface area contributed by atoms with Gasteiger partial charge in [0.15, 0.2) is 0 Å². The third-order valence-corrected chi connectivity index (χ3v) is 6.59. The van der Waals surface area contributed by atoms with E-state index < -0.39 is 0 Å². The fourth-order valence-corrected chi connectivity index (χ4v) is 4.91. The minimum Gasteiger partial charge on any atom is -0.383 e. The Kier molecular flexibility index (Phi) is 6.76. The van der Waals surface area contributed by atoms with E-state index in [2.05, 4.69) is 49.0 Å². The maximum Gasteiger partial charge on any atom is 0.124 e. The molecular weight excluding hydrogens is 447 g/mol. The Balaban J connectivity index is 1.33. The first-order chi connectivity index (χ1) is 16.7. The molecule has 0 amide bonds. The van der Waals surface area contributed by atoms with Gasteiger partial charge >= 0.3 is 0 Å². The second-order valence-electron chi connectivity index (χ2n) is 8.36. The summed E-state index contributed by atoms with van der Waals surface area (Å²) in [6.07, 6.45) is 10.2. The first kappa shape index (κ1) is 22.4. The third-order valence-electron chi connectivity index (χ3n) is 5.92. The maximum atomic E-state index is 13.1. The van der Waals surface area contributed by atoms with Gasteiger partial charge in [0.25, 0.3) is 0 Å². The van der Waals surface area contributed by atoms with Crippen LogP contribution in [0.15, 0.2) is 63.9 Å². The molecular formula is C26H27FN6S. The molecule has 6 nitrogen and oxygen atoms in total. The zero-order valence-electron chi connectivity index (χ0n) is 19.1. The molecule has 5 rings (SSSR count). The summed E-state index contributed by atoms with van der Waals surface area (Å²) in [4.78, 5) is 9.14. The molecule has 174 valence electrons. The number of amidine groups is 1. The average Bonchev–Trinajstić information content (AvgIpc) is 3.30. The molecule has 0 atom stereocenters. The molecule has 0 unspecified atom stereocenters. The molecule has 3 heterocycles. The Morgan fingerprint density at radius 2 is 1.97 bits per heavy atom. The van der Waals surface area contributed by atoms with Gasteiger partial charge in [-0.3, -0.25) is 4.99 Å². The Bertz CT molecular complexity index is 1260. The first-order valence-corrected chi connectivity index (χ1v) is 12.4. The number of rotatable bonds is 6. The predicted molar refractivity (Wildman–Crippen MR) is 140 cm³/mol. The highest BCUT2D eigenvalue weighted by molar-refractivity contribution is 7.97. The number of aliphatic imine (C=N–C) groups is 1. The number of fused-ring (bicyclic) bond motifs is 1. The molecule has 2 aromatic carbocycles.